The van der Waals surface area contributed by atoms with E-state index in [2.05, 4.69) is 17.4 Å². The van der Waals surface area contributed by atoms with Gasteiger partial charge in [-0.15, -0.1) is 0 Å². The third-order valence-corrected chi connectivity index (χ3v) is 5.09. The Hall–Kier alpha value is -3.67. The van der Waals surface area contributed by atoms with E-state index >= 15 is 0 Å². The van der Waals surface area contributed by atoms with E-state index in [0.29, 0.717) is 0 Å². The summed E-state index contributed by atoms with van der Waals surface area (Å²) < 4.78 is 32.9. The van der Waals surface area contributed by atoms with Gasteiger partial charge < -0.3 is 15.8 Å². The third kappa shape index (κ3) is 3.89. The van der Waals surface area contributed by atoms with Gasteiger partial charge in [0.25, 0.3) is 0 Å². The van der Waals surface area contributed by atoms with E-state index in [9.17, 15) is 13.6 Å². The zero-order valence-corrected chi connectivity index (χ0v) is 16.1. The summed E-state index contributed by atoms with van der Waals surface area (Å²) in [5.41, 5.74) is 9.75. The molecule has 4 nitrogen and oxygen atoms in total. The van der Waals surface area contributed by atoms with Crippen LogP contribution in [0.2, 0.25) is 0 Å². The molecule has 0 saturated heterocycles. The van der Waals surface area contributed by atoms with Crippen molar-refractivity contribution in [3.05, 3.63) is 95.1 Å². The summed E-state index contributed by atoms with van der Waals surface area (Å²) in [5, 5.41) is 2.56. The SMILES string of the molecule is Nc1cc(F)c(C=CCNC(=O)OCC2c3ccccc3-c3ccccc32)c(F)c1. The van der Waals surface area contributed by atoms with E-state index in [4.69, 9.17) is 10.5 Å². The van der Waals surface area contributed by atoms with Crippen LogP contribution >= 0.6 is 0 Å². The lowest BCUT2D eigenvalue weighted by atomic mass is 9.98. The molecule has 0 aromatic heterocycles. The standard InChI is InChI=1S/C24H20F2N2O2/c25-22-12-15(27)13-23(26)20(22)10-5-11-28-24(29)30-14-21-18-8-3-1-6-16(18)17-7-2-4-9-19(17)21/h1-10,12-13,21H,11,14,27H2,(H,28,29). The lowest BCUT2D eigenvalue weighted by Gasteiger charge is -2.14. The first-order valence-corrected chi connectivity index (χ1v) is 9.54. The molecule has 0 spiro atoms. The molecule has 0 unspecified atom stereocenters. The van der Waals surface area contributed by atoms with E-state index in [1.807, 2.05) is 36.4 Å². The van der Waals surface area contributed by atoms with Crippen LogP contribution < -0.4 is 11.1 Å². The molecule has 3 N–H and O–H groups in total. The number of carbonyl (C=O) groups excluding carboxylic acids is 1. The molecule has 0 saturated carbocycles. The Bertz CT molecular complexity index is 1060. The zero-order chi connectivity index (χ0) is 21.1. The van der Waals surface area contributed by atoms with Crippen molar-refractivity contribution < 1.29 is 18.3 Å². The second kappa shape index (κ2) is 8.37. The predicted octanol–water partition coefficient (Wildman–Crippen LogP) is 5.10. The molecule has 0 radical (unpaired) electrons. The van der Waals surface area contributed by atoms with Crippen molar-refractivity contribution in [1.82, 2.24) is 5.32 Å². The number of fused-ring (bicyclic) bond motifs is 3. The van der Waals surface area contributed by atoms with E-state index in [0.717, 1.165) is 34.4 Å². The number of alkyl carbamates (subject to hydrolysis) is 1. The number of nitrogens with one attached hydrogen (secondary N) is 1. The van der Waals surface area contributed by atoms with Crippen molar-refractivity contribution in [1.29, 1.82) is 0 Å². The number of benzene rings is 3. The normalized spacial score (nSPS) is 12.6. The average molecular weight is 406 g/mol. The summed E-state index contributed by atoms with van der Waals surface area (Å²) in [5.74, 6) is -1.55. The molecule has 1 aliphatic carbocycles. The van der Waals surface area contributed by atoms with E-state index < -0.39 is 17.7 Å². The molecule has 152 valence electrons. The van der Waals surface area contributed by atoms with Crippen LogP contribution in [0, 0.1) is 11.6 Å². The van der Waals surface area contributed by atoms with Crippen LogP contribution in [0.25, 0.3) is 17.2 Å². The number of amides is 1. The number of ether oxygens (including phenoxy) is 1. The van der Waals surface area contributed by atoms with Crippen LogP contribution in [0.5, 0.6) is 0 Å². The third-order valence-electron chi connectivity index (χ3n) is 5.09. The number of nitrogen functional groups attached to an aromatic ring is 1. The van der Waals surface area contributed by atoms with Gasteiger partial charge in [0.1, 0.15) is 18.2 Å². The first kappa shape index (κ1) is 19.6. The lowest BCUT2D eigenvalue weighted by molar-refractivity contribution is 0.144. The van der Waals surface area contributed by atoms with Crippen molar-refractivity contribution >= 4 is 17.9 Å². The monoisotopic (exact) mass is 406 g/mol. The fourth-order valence-corrected chi connectivity index (χ4v) is 3.73. The largest absolute Gasteiger partial charge is 0.449 e. The van der Waals surface area contributed by atoms with Crippen molar-refractivity contribution in [2.75, 3.05) is 18.9 Å². The second-order valence-electron chi connectivity index (χ2n) is 7.01. The predicted molar refractivity (Wildman–Crippen MR) is 113 cm³/mol. The zero-order valence-electron chi connectivity index (χ0n) is 16.1. The smallest absolute Gasteiger partial charge is 0.407 e. The Morgan fingerprint density at radius 3 is 2.17 bits per heavy atom. The Kier molecular flexibility index (Phi) is 5.48. The molecule has 3 aromatic rings. The van der Waals surface area contributed by atoms with Gasteiger partial charge in [-0.1, -0.05) is 60.7 Å². The highest BCUT2D eigenvalue weighted by Crippen LogP contribution is 2.44. The van der Waals surface area contributed by atoms with Crippen LogP contribution in [0.15, 0.2) is 66.7 Å². The van der Waals surface area contributed by atoms with E-state index in [1.165, 1.54) is 12.2 Å². The number of halogens is 2. The van der Waals surface area contributed by atoms with Crippen LogP contribution in [0.4, 0.5) is 19.3 Å². The number of hydrogen-bond acceptors (Lipinski definition) is 3. The Morgan fingerprint density at radius 1 is 1.00 bits per heavy atom. The maximum atomic E-state index is 13.7. The highest BCUT2D eigenvalue weighted by atomic mass is 19.1. The fourth-order valence-electron chi connectivity index (χ4n) is 3.73. The Morgan fingerprint density at radius 2 is 1.57 bits per heavy atom. The molecule has 0 atom stereocenters. The van der Waals surface area contributed by atoms with Crippen molar-refractivity contribution in [2.24, 2.45) is 0 Å². The van der Waals surface area contributed by atoms with E-state index in [-0.39, 0.29) is 30.3 Å². The summed E-state index contributed by atoms with van der Waals surface area (Å²) in [6, 6.07) is 18.2. The molecule has 0 fully saturated rings. The number of rotatable bonds is 5. The van der Waals surface area contributed by atoms with Gasteiger partial charge in [-0.25, -0.2) is 13.6 Å². The Balaban J connectivity index is 1.35. The van der Waals surface area contributed by atoms with Crippen molar-refractivity contribution in [3.63, 3.8) is 0 Å². The minimum absolute atomic E-state index is 0.0129. The van der Waals surface area contributed by atoms with Crippen LogP contribution in [0.3, 0.4) is 0 Å². The molecule has 1 amide bonds. The topological polar surface area (TPSA) is 64.3 Å². The van der Waals surface area contributed by atoms with Gasteiger partial charge in [0.05, 0.1) is 0 Å². The minimum Gasteiger partial charge on any atom is -0.449 e. The molecule has 3 aromatic carbocycles. The van der Waals surface area contributed by atoms with Gasteiger partial charge in [0, 0.05) is 23.7 Å². The summed E-state index contributed by atoms with van der Waals surface area (Å²) in [4.78, 5) is 12.1. The second-order valence-corrected chi connectivity index (χ2v) is 7.01. The van der Waals surface area contributed by atoms with Crippen molar-refractivity contribution in [2.45, 2.75) is 5.92 Å². The Labute approximate surface area is 173 Å². The van der Waals surface area contributed by atoms with Crippen molar-refractivity contribution in [3.8, 4) is 11.1 Å². The minimum atomic E-state index is -0.759. The van der Waals surface area contributed by atoms with Crippen LogP contribution in [-0.2, 0) is 4.74 Å². The molecule has 4 rings (SSSR count). The van der Waals surface area contributed by atoms with E-state index in [1.54, 1.807) is 0 Å². The van der Waals surface area contributed by atoms with Gasteiger partial charge >= 0.3 is 6.09 Å². The quantitative estimate of drug-likeness (QED) is 0.580. The number of anilines is 1. The highest BCUT2D eigenvalue weighted by molar-refractivity contribution is 5.79. The molecule has 6 heteroatoms. The van der Waals surface area contributed by atoms with Gasteiger partial charge in [0.2, 0.25) is 0 Å². The van der Waals surface area contributed by atoms with Gasteiger partial charge in [-0.3, -0.25) is 0 Å². The molecular formula is C24H20F2N2O2. The highest BCUT2D eigenvalue weighted by Gasteiger charge is 2.28. The van der Waals surface area contributed by atoms with Gasteiger partial charge in [-0.2, -0.15) is 0 Å². The molecule has 0 heterocycles. The van der Waals surface area contributed by atoms with Gasteiger partial charge in [0.15, 0.2) is 0 Å². The summed E-state index contributed by atoms with van der Waals surface area (Å²) in [6.45, 7) is 0.269. The first-order chi connectivity index (χ1) is 14.5. The summed E-state index contributed by atoms with van der Waals surface area (Å²) in [7, 11) is 0. The maximum Gasteiger partial charge on any atom is 0.407 e. The average Bonchev–Trinajstić information content (AvgIpc) is 3.05. The molecule has 0 bridgehead atoms. The number of carbonyl (C=O) groups is 1. The summed E-state index contributed by atoms with van der Waals surface area (Å²) in [6.07, 6.45) is 2.10. The molecule has 0 aliphatic heterocycles. The lowest BCUT2D eigenvalue weighted by Crippen LogP contribution is -2.26. The maximum absolute atomic E-state index is 13.7. The number of hydrogen-bond donors (Lipinski definition) is 2. The van der Waals surface area contributed by atoms with Gasteiger partial charge in [-0.05, 0) is 34.4 Å². The first-order valence-electron chi connectivity index (χ1n) is 9.54. The van der Waals surface area contributed by atoms with Crippen LogP contribution in [-0.4, -0.2) is 19.2 Å². The van der Waals surface area contributed by atoms with Crippen LogP contribution in [0.1, 0.15) is 22.6 Å². The number of nitrogens with two attached hydrogens (primary N) is 1. The molecular weight excluding hydrogens is 386 g/mol. The molecule has 1 aliphatic rings. The molecule has 30 heavy (non-hydrogen) atoms. The fraction of sp³-hybridized carbons (Fsp3) is 0.125. The summed E-state index contributed by atoms with van der Waals surface area (Å²) >= 11 is 0.